The Labute approximate surface area is 185 Å². The van der Waals surface area contributed by atoms with Gasteiger partial charge in [-0.2, -0.15) is 13.2 Å². The summed E-state index contributed by atoms with van der Waals surface area (Å²) in [5, 5.41) is 1.19. The van der Waals surface area contributed by atoms with Gasteiger partial charge >= 0.3 is 6.18 Å². The van der Waals surface area contributed by atoms with Crippen LogP contribution in [-0.2, 0) is 25.7 Å². The molecule has 4 aromatic rings. The quantitative estimate of drug-likeness (QED) is 0.388. The van der Waals surface area contributed by atoms with Gasteiger partial charge in [0.15, 0.2) is 5.82 Å². The number of H-pyrrole nitrogens is 1. The van der Waals surface area contributed by atoms with Gasteiger partial charge in [-0.25, -0.2) is 9.97 Å². The number of nitrogens with zero attached hydrogens (tertiary/aromatic N) is 3. The number of alkyl halides is 3. The van der Waals surface area contributed by atoms with E-state index in [-0.39, 0.29) is 0 Å². The smallest absolute Gasteiger partial charge is 0.361 e. The van der Waals surface area contributed by atoms with E-state index in [1.165, 1.54) is 23.1 Å². The van der Waals surface area contributed by atoms with Crippen LogP contribution in [0.3, 0.4) is 0 Å². The molecule has 0 aliphatic carbocycles. The fourth-order valence-corrected chi connectivity index (χ4v) is 4.32. The van der Waals surface area contributed by atoms with Gasteiger partial charge in [-0.1, -0.05) is 28.1 Å². The predicted molar refractivity (Wildman–Crippen MR) is 116 cm³/mol. The van der Waals surface area contributed by atoms with E-state index in [2.05, 4.69) is 47.9 Å². The van der Waals surface area contributed by atoms with Crippen LogP contribution in [-0.4, -0.2) is 26.4 Å². The first-order valence-electron chi connectivity index (χ1n) is 9.87. The number of aromatic amines is 1. The Morgan fingerprint density at radius 2 is 1.90 bits per heavy atom. The van der Waals surface area contributed by atoms with Gasteiger partial charge in [-0.15, -0.1) is 0 Å². The maximum Gasteiger partial charge on any atom is 0.416 e. The fraction of sp³-hybridized carbons (Fsp3) is 0.217. The zero-order chi connectivity index (χ0) is 21.6. The molecule has 0 saturated heterocycles. The monoisotopic (exact) mass is 486 g/mol. The van der Waals surface area contributed by atoms with Gasteiger partial charge in [-0.05, 0) is 47.9 Å². The molecule has 1 aliphatic heterocycles. The first-order chi connectivity index (χ1) is 14.9. The lowest BCUT2D eigenvalue weighted by molar-refractivity contribution is -0.137. The Morgan fingerprint density at radius 1 is 1.10 bits per heavy atom. The van der Waals surface area contributed by atoms with Crippen LogP contribution in [0.25, 0.3) is 22.3 Å². The Morgan fingerprint density at radius 3 is 2.68 bits per heavy atom. The molecule has 5 rings (SSSR count). The zero-order valence-electron chi connectivity index (χ0n) is 16.4. The van der Waals surface area contributed by atoms with Gasteiger partial charge in [0.2, 0.25) is 0 Å². The standard InChI is InChI=1S/C23H18BrF3N4/c24-18-5-6-20-19(9-18)16(11-28-20)12-31-8-7-15-10-29-22(30-21(15)13-31)14-1-3-17(4-2-14)23(25,26)27/h1-6,9-11,28H,7-8,12-13H2. The van der Waals surface area contributed by atoms with Crippen molar-refractivity contribution >= 4 is 26.8 Å². The Balaban J connectivity index is 1.37. The molecule has 4 nitrogen and oxygen atoms in total. The molecule has 0 amide bonds. The van der Waals surface area contributed by atoms with E-state index in [0.717, 1.165) is 52.9 Å². The van der Waals surface area contributed by atoms with Gasteiger partial charge in [0.1, 0.15) is 0 Å². The van der Waals surface area contributed by atoms with Crippen molar-refractivity contribution < 1.29 is 13.2 Å². The maximum atomic E-state index is 12.8. The van der Waals surface area contributed by atoms with Gasteiger partial charge < -0.3 is 4.98 Å². The van der Waals surface area contributed by atoms with E-state index in [1.54, 1.807) is 6.20 Å². The van der Waals surface area contributed by atoms with Crippen molar-refractivity contribution in [3.63, 3.8) is 0 Å². The average molecular weight is 487 g/mol. The predicted octanol–water partition coefficient (Wildman–Crippen LogP) is 5.96. The third-order valence-corrected chi connectivity index (χ3v) is 6.11. The minimum absolute atomic E-state index is 0.449. The van der Waals surface area contributed by atoms with Crippen LogP contribution in [0.1, 0.15) is 22.4 Å². The molecule has 0 saturated carbocycles. The SMILES string of the molecule is FC(F)(F)c1ccc(-c2ncc3c(n2)CN(Cc2c[nH]c4ccc(Br)cc24)CC3)cc1. The van der Waals surface area contributed by atoms with E-state index in [1.807, 2.05) is 12.3 Å². The van der Waals surface area contributed by atoms with E-state index >= 15 is 0 Å². The zero-order valence-corrected chi connectivity index (χ0v) is 18.0. The summed E-state index contributed by atoms with van der Waals surface area (Å²) in [5.74, 6) is 0.449. The lowest BCUT2D eigenvalue weighted by atomic mass is 10.0. The lowest BCUT2D eigenvalue weighted by Gasteiger charge is -2.27. The van der Waals surface area contributed by atoms with E-state index in [4.69, 9.17) is 0 Å². The largest absolute Gasteiger partial charge is 0.416 e. The number of hydrogen-bond donors (Lipinski definition) is 1. The van der Waals surface area contributed by atoms with Crippen molar-refractivity contribution in [2.24, 2.45) is 0 Å². The van der Waals surface area contributed by atoms with Crippen LogP contribution in [0, 0.1) is 0 Å². The van der Waals surface area contributed by atoms with Gasteiger partial charge in [0.05, 0.1) is 11.3 Å². The first-order valence-corrected chi connectivity index (χ1v) is 10.7. The van der Waals surface area contributed by atoms with Crippen molar-refractivity contribution in [2.75, 3.05) is 6.54 Å². The molecule has 2 aromatic carbocycles. The normalized spacial score (nSPS) is 14.7. The summed E-state index contributed by atoms with van der Waals surface area (Å²) in [7, 11) is 0. The number of hydrogen-bond acceptors (Lipinski definition) is 3. The van der Waals surface area contributed by atoms with Crippen molar-refractivity contribution in [1.82, 2.24) is 19.9 Å². The van der Waals surface area contributed by atoms with Crippen LogP contribution in [0.2, 0.25) is 0 Å². The molecular formula is C23H18BrF3N4. The van der Waals surface area contributed by atoms with Gasteiger partial charge in [0.25, 0.3) is 0 Å². The molecule has 0 radical (unpaired) electrons. The number of benzene rings is 2. The molecule has 1 aliphatic rings. The molecule has 3 heterocycles. The minimum Gasteiger partial charge on any atom is -0.361 e. The summed E-state index contributed by atoms with van der Waals surface area (Å²) in [6.45, 7) is 2.36. The summed E-state index contributed by atoms with van der Waals surface area (Å²) in [5.41, 5.74) is 4.24. The highest BCUT2D eigenvalue weighted by atomic mass is 79.9. The van der Waals surface area contributed by atoms with Gasteiger partial charge in [-0.3, -0.25) is 4.90 Å². The number of rotatable bonds is 3. The number of nitrogens with one attached hydrogen (secondary N) is 1. The second-order valence-electron chi connectivity index (χ2n) is 7.71. The highest BCUT2D eigenvalue weighted by molar-refractivity contribution is 9.10. The van der Waals surface area contributed by atoms with Crippen LogP contribution in [0.4, 0.5) is 13.2 Å². The molecule has 2 aromatic heterocycles. The van der Waals surface area contributed by atoms with Crippen molar-refractivity contribution in [1.29, 1.82) is 0 Å². The van der Waals surface area contributed by atoms with Crippen LogP contribution in [0.15, 0.2) is 59.3 Å². The molecule has 0 bridgehead atoms. The lowest BCUT2D eigenvalue weighted by Crippen LogP contribution is -2.31. The van der Waals surface area contributed by atoms with E-state index < -0.39 is 11.7 Å². The molecule has 158 valence electrons. The second kappa shape index (κ2) is 7.76. The molecule has 0 fully saturated rings. The van der Waals surface area contributed by atoms with Crippen molar-refractivity contribution in [3.05, 3.63) is 81.7 Å². The van der Waals surface area contributed by atoms with Crippen molar-refractivity contribution in [3.8, 4) is 11.4 Å². The highest BCUT2D eigenvalue weighted by Gasteiger charge is 2.30. The third kappa shape index (κ3) is 4.09. The molecular weight excluding hydrogens is 469 g/mol. The Bertz CT molecular complexity index is 1250. The first kappa shape index (κ1) is 20.2. The topological polar surface area (TPSA) is 44.8 Å². The number of aromatic nitrogens is 3. The number of fused-ring (bicyclic) bond motifs is 2. The third-order valence-electron chi connectivity index (χ3n) is 5.62. The van der Waals surface area contributed by atoms with Crippen molar-refractivity contribution in [2.45, 2.75) is 25.7 Å². The minimum atomic E-state index is -4.35. The average Bonchev–Trinajstić information content (AvgIpc) is 3.14. The molecule has 1 N–H and O–H groups in total. The number of halogens is 4. The van der Waals surface area contributed by atoms with E-state index in [0.29, 0.717) is 17.9 Å². The maximum absolute atomic E-state index is 12.8. The Hall–Kier alpha value is -2.71. The Kier molecular flexibility index (Phi) is 5.06. The summed E-state index contributed by atoms with van der Waals surface area (Å²) in [6.07, 6.45) is 0.331. The molecule has 0 unspecified atom stereocenters. The molecule has 0 atom stereocenters. The molecule has 31 heavy (non-hydrogen) atoms. The van der Waals surface area contributed by atoms with Crippen LogP contribution >= 0.6 is 15.9 Å². The van der Waals surface area contributed by atoms with Crippen LogP contribution in [0.5, 0.6) is 0 Å². The summed E-state index contributed by atoms with van der Waals surface area (Å²) in [4.78, 5) is 14.7. The van der Waals surface area contributed by atoms with Crippen LogP contribution < -0.4 is 0 Å². The summed E-state index contributed by atoms with van der Waals surface area (Å²) >= 11 is 3.54. The fourth-order valence-electron chi connectivity index (χ4n) is 3.96. The summed E-state index contributed by atoms with van der Waals surface area (Å²) in [6, 6.07) is 11.2. The molecule has 0 spiro atoms. The second-order valence-corrected chi connectivity index (χ2v) is 8.62. The van der Waals surface area contributed by atoms with Gasteiger partial charge in [0, 0.05) is 53.0 Å². The molecule has 8 heteroatoms. The van der Waals surface area contributed by atoms with E-state index in [9.17, 15) is 13.2 Å². The summed E-state index contributed by atoms with van der Waals surface area (Å²) < 4.78 is 39.5. The highest BCUT2D eigenvalue weighted by Crippen LogP contribution is 2.31.